The summed E-state index contributed by atoms with van der Waals surface area (Å²) in [5, 5.41) is 11.4. The zero-order valence-corrected chi connectivity index (χ0v) is 13.9. The van der Waals surface area contributed by atoms with Crippen LogP contribution in [0.4, 0.5) is 4.39 Å². The molecule has 0 saturated carbocycles. The summed E-state index contributed by atoms with van der Waals surface area (Å²) in [6, 6.07) is 13.0. The van der Waals surface area contributed by atoms with Gasteiger partial charge in [-0.05, 0) is 48.7 Å². The maximum atomic E-state index is 13.2. The van der Waals surface area contributed by atoms with Crippen LogP contribution in [0.1, 0.15) is 24.0 Å². The molecule has 0 bridgehead atoms. The number of carbonyl (C=O) groups excluding carboxylic acids is 1. The summed E-state index contributed by atoms with van der Waals surface area (Å²) in [6.07, 6.45) is 0.626. The van der Waals surface area contributed by atoms with Gasteiger partial charge in [-0.1, -0.05) is 24.3 Å². The number of hydrogen-bond acceptors (Lipinski definition) is 3. The molecule has 5 nitrogen and oxygen atoms in total. The van der Waals surface area contributed by atoms with Crippen LogP contribution >= 0.6 is 0 Å². The van der Waals surface area contributed by atoms with E-state index in [9.17, 15) is 14.0 Å². The molecular weight excluding hydrogens is 325 g/mol. The summed E-state index contributed by atoms with van der Waals surface area (Å²) < 4.78 is 18.3. The molecule has 2 rings (SSSR count). The number of benzene rings is 2. The van der Waals surface area contributed by atoms with Gasteiger partial charge in [-0.25, -0.2) is 9.18 Å². The smallest absolute Gasteiger partial charge is 0.341 e. The lowest BCUT2D eigenvalue weighted by Gasteiger charge is -2.13. The van der Waals surface area contributed by atoms with Gasteiger partial charge < -0.3 is 15.2 Å². The van der Waals surface area contributed by atoms with E-state index in [0.717, 1.165) is 5.56 Å². The third-order valence-corrected chi connectivity index (χ3v) is 3.74. The van der Waals surface area contributed by atoms with E-state index in [1.807, 2.05) is 12.1 Å². The summed E-state index contributed by atoms with van der Waals surface area (Å²) in [7, 11) is 0. The van der Waals surface area contributed by atoms with Gasteiger partial charge in [-0.3, -0.25) is 4.79 Å². The van der Waals surface area contributed by atoms with Crippen LogP contribution < -0.4 is 10.1 Å². The van der Waals surface area contributed by atoms with Crippen molar-refractivity contribution >= 4 is 11.9 Å². The van der Waals surface area contributed by atoms with Crippen molar-refractivity contribution in [1.82, 2.24) is 5.32 Å². The highest BCUT2D eigenvalue weighted by Gasteiger charge is 2.15. The molecule has 0 heterocycles. The highest BCUT2D eigenvalue weighted by atomic mass is 19.1. The fourth-order valence-electron chi connectivity index (χ4n) is 2.31. The number of rotatable bonds is 8. The van der Waals surface area contributed by atoms with Crippen molar-refractivity contribution in [3.8, 4) is 5.75 Å². The lowest BCUT2D eigenvalue weighted by atomic mass is 10.0. The monoisotopic (exact) mass is 345 g/mol. The van der Waals surface area contributed by atoms with Gasteiger partial charge in [0.25, 0.3) is 0 Å². The third-order valence-electron chi connectivity index (χ3n) is 3.74. The Labute approximate surface area is 145 Å². The van der Waals surface area contributed by atoms with Crippen LogP contribution in [0, 0.1) is 5.82 Å². The molecule has 6 heteroatoms. The second kappa shape index (κ2) is 8.82. The van der Waals surface area contributed by atoms with Gasteiger partial charge in [0.2, 0.25) is 5.91 Å². The number of nitrogens with one attached hydrogen (secondary N) is 1. The molecule has 0 radical (unpaired) electrons. The largest absolute Gasteiger partial charge is 0.482 e. The van der Waals surface area contributed by atoms with Crippen LogP contribution in [-0.2, 0) is 16.0 Å². The summed E-state index contributed by atoms with van der Waals surface area (Å²) in [5.74, 6) is -1.49. The van der Waals surface area contributed by atoms with Gasteiger partial charge >= 0.3 is 5.97 Å². The van der Waals surface area contributed by atoms with Crippen LogP contribution in [-0.4, -0.2) is 30.1 Å². The third kappa shape index (κ3) is 5.91. The molecule has 0 aromatic heterocycles. The van der Waals surface area contributed by atoms with Crippen molar-refractivity contribution in [3.05, 3.63) is 65.5 Å². The first kappa shape index (κ1) is 18.4. The maximum absolute atomic E-state index is 13.2. The van der Waals surface area contributed by atoms with Gasteiger partial charge in [0.1, 0.15) is 11.6 Å². The van der Waals surface area contributed by atoms with Crippen molar-refractivity contribution < 1.29 is 23.8 Å². The first-order valence-electron chi connectivity index (χ1n) is 7.92. The minimum atomic E-state index is -1.03. The normalized spacial score (nSPS) is 11.6. The predicted molar refractivity (Wildman–Crippen MR) is 91.1 cm³/mol. The number of carbonyl (C=O) groups is 2. The molecule has 1 atom stereocenters. The standard InChI is InChI=1S/C19H20FNO4/c1-13(15-3-2-4-16(20)11-15)19(24)21-10-9-14-5-7-17(8-6-14)25-12-18(22)23/h2-8,11,13H,9-10,12H2,1H3,(H,21,24)(H,22,23). The van der Waals surface area contributed by atoms with Gasteiger partial charge in [0, 0.05) is 6.54 Å². The minimum Gasteiger partial charge on any atom is -0.482 e. The van der Waals surface area contributed by atoms with E-state index in [2.05, 4.69) is 5.32 Å². The van der Waals surface area contributed by atoms with E-state index < -0.39 is 11.9 Å². The molecule has 0 fully saturated rings. The summed E-state index contributed by atoms with van der Waals surface area (Å²) in [4.78, 5) is 22.6. The lowest BCUT2D eigenvalue weighted by Crippen LogP contribution is -2.29. The van der Waals surface area contributed by atoms with Crippen molar-refractivity contribution in [1.29, 1.82) is 0 Å². The Balaban J connectivity index is 1.79. The summed E-state index contributed by atoms with van der Waals surface area (Å²) >= 11 is 0. The Morgan fingerprint density at radius 1 is 1.20 bits per heavy atom. The number of ether oxygens (including phenoxy) is 1. The Hall–Kier alpha value is -2.89. The molecule has 25 heavy (non-hydrogen) atoms. The summed E-state index contributed by atoms with van der Waals surface area (Å²) in [5.41, 5.74) is 1.62. The molecule has 2 aromatic rings. The van der Waals surface area contributed by atoms with Crippen LogP contribution in [0.15, 0.2) is 48.5 Å². The molecule has 0 aliphatic carbocycles. The predicted octanol–water partition coefficient (Wildman–Crippen LogP) is 2.75. The fraction of sp³-hybridized carbons (Fsp3) is 0.263. The number of carboxylic acid groups (broad SMARTS) is 1. The molecule has 2 N–H and O–H groups in total. The Kier molecular flexibility index (Phi) is 6.51. The minimum absolute atomic E-state index is 0.160. The topological polar surface area (TPSA) is 75.6 Å². The van der Waals surface area contributed by atoms with E-state index in [-0.39, 0.29) is 18.3 Å². The SMILES string of the molecule is CC(C(=O)NCCc1ccc(OCC(=O)O)cc1)c1cccc(F)c1. The average Bonchev–Trinajstić information content (AvgIpc) is 2.60. The molecular formula is C19H20FNO4. The number of amides is 1. The number of aliphatic carboxylic acids is 1. The molecule has 132 valence electrons. The van der Waals surface area contributed by atoms with Crippen molar-refractivity contribution in [2.45, 2.75) is 19.3 Å². The zero-order valence-electron chi connectivity index (χ0n) is 13.9. The number of halogens is 1. The van der Waals surface area contributed by atoms with Gasteiger partial charge in [0.05, 0.1) is 5.92 Å². The van der Waals surface area contributed by atoms with Crippen LogP contribution in [0.25, 0.3) is 0 Å². The van der Waals surface area contributed by atoms with Crippen LogP contribution in [0.2, 0.25) is 0 Å². The summed E-state index contributed by atoms with van der Waals surface area (Å²) in [6.45, 7) is 1.81. The second-order valence-corrected chi connectivity index (χ2v) is 5.64. The van der Waals surface area contributed by atoms with E-state index in [0.29, 0.717) is 24.3 Å². The first-order chi connectivity index (χ1) is 12.0. The average molecular weight is 345 g/mol. The molecule has 0 saturated heterocycles. The molecule has 2 aromatic carbocycles. The fourth-order valence-corrected chi connectivity index (χ4v) is 2.31. The van der Waals surface area contributed by atoms with E-state index >= 15 is 0 Å². The Morgan fingerprint density at radius 3 is 2.56 bits per heavy atom. The van der Waals surface area contributed by atoms with E-state index in [1.165, 1.54) is 12.1 Å². The van der Waals surface area contributed by atoms with Crippen molar-refractivity contribution in [3.63, 3.8) is 0 Å². The lowest BCUT2D eigenvalue weighted by molar-refractivity contribution is -0.139. The first-order valence-corrected chi connectivity index (χ1v) is 7.92. The van der Waals surface area contributed by atoms with E-state index in [1.54, 1.807) is 31.2 Å². The highest BCUT2D eigenvalue weighted by molar-refractivity contribution is 5.83. The van der Waals surface area contributed by atoms with Crippen LogP contribution in [0.5, 0.6) is 5.75 Å². The van der Waals surface area contributed by atoms with E-state index in [4.69, 9.17) is 9.84 Å². The van der Waals surface area contributed by atoms with Crippen molar-refractivity contribution in [2.24, 2.45) is 0 Å². The van der Waals surface area contributed by atoms with Gasteiger partial charge in [-0.15, -0.1) is 0 Å². The zero-order chi connectivity index (χ0) is 18.2. The Bertz CT molecular complexity index is 730. The van der Waals surface area contributed by atoms with Gasteiger partial charge in [0.15, 0.2) is 6.61 Å². The van der Waals surface area contributed by atoms with Gasteiger partial charge in [-0.2, -0.15) is 0 Å². The number of carboxylic acids is 1. The molecule has 0 spiro atoms. The maximum Gasteiger partial charge on any atom is 0.341 e. The molecule has 0 aliphatic heterocycles. The van der Waals surface area contributed by atoms with Crippen LogP contribution in [0.3, 0.4) is 0 Å². The second-order valence-electron chi connectivity index (χ2n) is 5.64. The molecule has 1 unspecified atom stereocenters. The molecule has 1 amide bonds. The quantitative estimate of drug-likeness (QED) is 0.771. The highest BCUT2D eigenvalue weighted by Crippen LogP contribution is 2.16. The Morgan fingerprint density at radius 2 is 1.92 bits per heavy atom. The van der Waals surface area contributed by atoms with Crippen molar-refractivity contribution in [2.75, 3.05) is 13.2 Å². The molecule has 0 aliphatic rings. The number of hydrogen-bond donors (Lipinski definition) is 2.